The van der Waals surface area contributed by atoms with E-state index in [9.17, 15) is 9.59 Å². The Morgan fingerprint density at radius 3 is 2.62 bits per heavy atom. The first-order chi connectivity index (χ1) is 11.6. The highest BCUT2D eigenvalue weighted by molar-refractivity contribution is 5.91. The third-order valence-corrected chi connectivity index (χ3v) is 3.53. The van der Waals surface area contributed by atoms with Crippen LogP contribution in [0.1, 0.15) is 47.5 Å². The number of nitrogens with zero attached hydrogens (tertiary/aromatic N) is 1. The van der Waals surface area contributed by atoms with Gasteiger partial charge in [-0.15, -0.1) is 0 Å². The van der Waals surface area contributed by atoms with E-state index in [1.807, 2.05) is 19.1 Å². The summed E-state index contributed by atoms with van der Waals surface area (Å²) >= 11 is 0. The zero-order valence-electron chi connectivity index (χ0n) is 13.4. The molecule has 0 saturated carbocycles. The van der Waals surface area contributed by atoms with Crippen LogP contribution in [0.15, 0.2) is 47.1 Å². The molecule has 6 nitrogen and oxygen atoms in total. The molecular weight excluding hydrogens is 306 g/mol. The molecule has 2 rings (SSSR count). The molecule has 2 aromatic rings. The Bertz CT molecular complexity index is 715. The Labute approximate surface area is 140 Å². The first-order valence-corrected chi connectivity index (χ1v) is 7.71. The minimum atomic E-state index is -0.286. The predicted molar refractivity (Wildman–Crippen MR) is 88.0 cm³/mol. The van der Waals surface area contributed by atoms with Crippen molar-refractivity contribution in [1.29, 1.82) is 5.26 Å². The lowest BCUT2D eigenvalue weighted by molar-refractivity contribution is -0.121. The van der Waals surface area contributed by atoms with Crippen molar-refractivity contribution in [3.63, 3.8) is 0 Å². The number of nitriles is 1. The predicted octanol–water partition coefficient (Wildman–Crippen LogP) is 2.54. The molecule has 24 heavy (non-hydrogen) atoms. The van der Waals surface area contributed by atoms with Crippen LogP contribution in [0.5, 0.6) is 0 Å². The van der Waals surface area contributed by atoms with Crippen LogP contribution >= 0.6 is 0 Å². The zero-order valence-corrected chi connectivity index (χ0v) is 13.4. The highest BCUT2D eigenvalue weighted by atomic mass is 16.3. The molecule has 0 fully saturated rings. The Morgan fingerprint density at radius 1 is 1.25 bits per heavy atom. The Hall–Kier alpha value is -3.07. The molecule has 0 aliphatic rings. The minimum absolute atomic E-state index is 0.0842. The molecule has 0 aliphatic heterocycles. The summed E-state index contributed by atoms with van der Waals surface area (Å²) in [5.41, 5.74) is 1.53. The topological polar surface area (TPSA) is 95.1 Å². The van der Waals surface area contributed by atoms with Crippen LogP contribution in [0.2, 0.25) is 0 Å². The summed E-state index contributed by atoms with van der Waals surface area (Å²) in [6, 6.07) is 12.3. The first-order valence-electron chi connectivity index (χ1n) is 7.71. The smallest absolute Gasteiger partial charge is 0.286 e. The van der Waals surface area contributed by atoms with Gasteiger partial charge in [0.25, 0.3) is 5.91 Å². The molecule has 0 aliphatic carbocycles. The van der Waals surface area contributed by atoms with Gasteiger partial charge in [-0.1, -0.05) is 12.1 Å². The van der Waals surface area contributed by atoms with Gasteiger partial charge in [0.05, 0.1) is 23.9 Å². The second-order valence-electron chi connectivity index (χ2n) is 5.36. The maximum absolute atomic E-state index is 11.9. The molecule has 1 aromatic heterocycles. The maximum Gasteiger partial charge on any atom is 0.286 e. The second-order valence-corrected chi connectivity index (χ2v) is 5.36. The van der Waals surface area contributed by atoms with Crippen molar-refractivity contribution in [2.24, 2.45) is 0 Å². The molecule has 0 radical (unpaired) electrons. The van der Waals surface area contributed by atoms with Crippen molar-refractivity contribution in [2.75, 3.05) is 6.54 Å². The fourth-order valence-electron chi connectivity index (χ4n) is 2.19. The molecule has 0 spiro atoms. The number of hydrogen-bond acceptors (Lipinski definition) is 4. The average molecular weight is 325 g/mol. The number of rotatable bonds is 7. The third-order valence-electron chi connectivity index (χ3n) is 3.53. The van der Waals surface area contributed by atoms with Crippen LogP contribution in [0, 0.1) is 11.3 Å². The van der Waals surface area contributed by atoms with Gasteiger partial charge in [0.15, 0.2) is 5.76 Å². The SMILES string of the molecule is CC(NC(=O)CCCNC(=O)c1ccco1)c1ccc(C#N)cc1. The van der Waals surface area contributed by atoms with Crippen molar-refractivity contribution in [3.05, 3.63) is 59.5 Å². The van der Waals surface area contributed by atoms with Crippen LogP contribution < -0.4 is 10.6 Å². The van der Waals surface area contributed by atoms with Crippen molar-refractivity contribution in [3.8, 4) is 6.07 Å². The summed E-state index contributed by atoms with van der Waals surface area (Å²) in [4.78, 5) is 23.6. The molecule has 6 heteroatoms. The van der Waals surface area contributed by atoms with Crippen molar-refractivity contribution < 1.29 is 14.0 Å². The lowest BCUT2D eigenvalue weighted by Crippen LogP contribution is -2.28. The van der Waals surface area contributed by atoms with Crippen LogP contribution in [-0.4, -0.2) is 18.4 Å². The zero-order chi connectivity index (χ0) is 17.4. The number of carbonyl (C=O) groups is 2. The fraction of sp³-hybridized carbons (Fsp3) is 0.278. The van der Waals surface area contributed by atoms with Gasteiger partial charge >= 0.3 is 0 Å². The van der Waals surface area contributed by atoms with E-state index in [0.29, 0.717) is 24.9 Å². The van der Waals surface area contributed by atoms with E-state index >= 15 is 0 Å². The lowest BCUT2D eigenvalue weighted by atomic mass is 10.1. The van der Waals surface area contributed by atoms with Gasteiger partial charge in [0.1, 0.15) is 0 Å². The highest BCUT2D eigenvalue weighted by Gasteiger charge is 2.10. The number of furan rings is 1. The summed E-state index contributed by atoms with van der Waals surface area (Å²) in [7, 11) is 0. The molecule has 1 heterocycles. The molecule has 2 N–H and O–H groups in total. The first kappa shape index (κ1) is 17.3. The highest BCUT2D eigenvalue weighted by Crippen LogP contribution is 2.13. The van der Waals surface area contributed by atoms with Gasteiger partial charge in [0.2, 0.25) is 5.91 Å². The van der Waals surface area contributed by atoms with Gasteiger partial charge in [0, 0.05) is 13.0 Å². The maximum atomic E-state index is 11.9. The Kier molecular flexibility index (Phi) is 6.15. The van der Waals surface area contributed by atoms with E-state index in [4.69, 9.17) is 9.68 Å². The van der Waals surface area contributed by atoms with E-state index < -0.39 is 0 Å². The molecule has 1 unspecified atom stereocenters. The third kappa shape index (κ3) is 4.99. The van der Waals surface area contributed by atoms with Crippen molar-refractivity contribution in [1.82, 2.24) is 10.6 Å². The summed E-state index contributed by atoms with van der Waals surface area (Å²) in [6.45, 7) is 2.29. The standard InChI is InChI=1S/C18H19N3O3/c1-13(15-8-6-14(12-19)7-9-15)21-17(22)5-2-10-20-18(23)16-4-3-11-24-16/h3-4,6-9,11,13H,2,5,10H2,1H3,(H,20,23)(H,21,22). The van der Waals surface area contributed by atoms with Gasteiger partial charge in [-0.2, -0.15) is 5.26 Å². The van der Waals surface area contributed by atoms with E-state index in [1.165, 1.54) is 6.26 Å². The summed E-state index contributed by atoms with van der Waals surface area (Å²) in [6.07, 6.45) is 2.30. The van der Waals surface area contributed by atoms with E-state index in [1.54, 1.807) is 24.3 Å². The molecule has 0 saturated heterocycles. The quantitative estimate of drug-likeness (QED) is 0.765. The van der Waals surface area contributed by atoms with Gasteiger partial charge in [-0.3, -0.25) is 9.59 Å². The number of benzene rings is 1. The van der Waals surface area contributed by atoms with Crippen LogP contribution in [0.3, 0.4) is 0 Å². The Balaban J connectivity index is 1.69. The fourth-order valence-corrected chi connectivity index (χ4v) is 2.19. The van der Waals surface area contributed by atoms with Gasteiger partial charge in [-0.05, 0) is 43.2 Å². The van der Waals surface area contributed by atoms with E-state index in [-0.39, 0.29) is 23.6 Å². The molecule has 1 aromatic carbocycles. The number of hydrogen-bond donors (Lipinski definition) is 2. The second kappa shape index (κ2) is 8.53. The molecule has 0 bridgehead atoms. The summed E-state index contributed by atoms with van der Waals surface area (Å²) in [5, 5.41) is 14.4. The van der Waals surface area contributed by atoms with Gasteiger partial charge in [-0.25, -0.2) is 0 Å². The number of nitrogens with one attached hydrogen (secondary N) is 2. The minimum Gasteiger partial charge on any atom is -0.459 e. The normalized spacial score (nSPS) is 11.3. The van der Waals surface area contributed by atoms with Crippen LogP contribution in [0.25, 0.3) is 0 Å². The Morgan fingerprint density at radius 2 is 2.00 bits per heavy atom. The van der Waals surface area contributed by atoms with Crippen LogP contribution in [-0.2, 0) is 4.79 Å². The molecule has 1 atom stereocenters. The molecular formula is C18H19N3O3. The summed E-state index contributed by atoms with van der Waals surface area (Å²) < 4.78 is 4.98. The van der Waals surface area contributed by atoms with E-state index in [0.717, 1.165) is 5.56 Å². The largest absolute Gasteiger partial charge is 0.459 e. The average Bonchev–Trinajstić information content (AvgIpc) is 3.13. The summed E-state index contributed by atoms with van der Waals surface area (Å²) in [5.74, 6) is -0.112. The van der Waals surface area contributed by atoms with E-state index in [2.05, 4.69) is 16.7 Å². The van der Waals surface area contributed by atoms with Crippen LogP contribution in [0.4, 0.5) is 0 Å². The van der Waals surface area contributed by atoms with Gasteiger partial charge < -0.3 is 15.1 Å². The number of carbonyl (C=O) groups excluding carboxylic acids is 2. The lowest BCUT2D eigenvalue weighted by Gasteiger charge is -2.14. The monoisotopic (exact) mass is 325 g/mol. The molecule has 124 valence electrons. The molecule has 2 amide bonds. The van der Waals surface area contributed by atoms with Crippen molar-refractivity contribution in [2.45, 2.75) is 25.8 Å². The number of amides is 2. The van der Waals surface area contributed by atoms with Crippen molar-refractivity contribution >= 4 is 11.8 Å².